The predicted molar refractivity (Wildman–Crippen MR) is 110 cm³/mol. The topological polar surface area (TPSA) is 52.7 Å². The molecule has 2 heterocycles. The fourth-order valence-corrected chi connectivity index (χ4v) is 4.31. The summed E-state index contributed by atoms with van der Waals surface area (Å²) in [5.41, 5.74) is 4.74. The van der Waals surface area contributed by atoms with Gasteiger partial charge in [-0.25, -0.2) is 0 Å². The van der Waals surface area contributed by atoms with Crippen LogP contribution in [0.1, 0.15) is 41.3 Å². The number of carbonyl (C=O) groups excluding carboxylic acids is 2. The summed E-state index contributed by atoms with van der Waals surface area (Å²) in [7, 11) is 0. The van der Waals surface area contributed by atoms with Gasteiger partial charge in [-0.15, -0.1) is 0 Å². The van der Waals surface area contributed by atoms with Crippen LogP contribution < -0.4 is 5.32 Å². The van der Waals surface area contributed by atoms with Crippen LogP contribution in [0.15, 0.2) is 42.1 Å². The fraction of sp³-hybridized carbons (Fsp3) is 0.478. The molecular weight excluding hydrogens is 350 g/mol. The van der Waals surface area contributed by atoms with Crippen molar-refractivity contribution in [1.82, 2.24) is 15.1 Å². The second-order valence-electron chi connectivity index (χ2n) is 8.08. The maximum absolute atomic E-state index is 12.7. The van der Waals surface area contributed by atoms with Gasteiger partial charge in [-0.2, -0.15) is 0 Å². The molecule has 2 aliphatic heterocycles. The molecule has 0 spiro atoms. The van der Waals surface area contributed by atoms with Gasteiger partial charge in [0.2, 0.25) is 5.91 Å². The third kappa shape index (κ3) is 4.13. The van der Waals surface area contributed by atoms with E-state index in [1.54, 1.807) is 6.92 Å². The van der Waals surface area contributed by atoms with Crippen LogP contribution in [0.4, 0.5) is 0 Å². The molecule has 28 heavy (non-hydrogen) atoms. The van der Waals surface area contributed by atoms with Crippen molar-refractivity contribution in [2.45, 2.75) is 32.6 Å². The number of benzene rings is 1. The summed E-state index contributed by atoms with van der Waals surface area (Å²) >= 11 is 0. The number of carbonyl (C=O) groups is 2. The number of amides is 2. The monoisotopic (exact) mass is 379 g/mol. The number of hydrogen-bond acceptors (Lipinski definition) is 3. The number of rotatable bonds is 4. The Bertz CT molecular complexity index is 819. The molecule has 3 aliphatic rings. The van der Waals surface area contributed by atoms with Gasteiger partial charge < -0.3 is 15.1 Å². The number of nitrogens with zero attached hydrogens (tertiary/aromatic N) is 2. The summed E-state index contributed by atoms with van der Waals surface area (Å²) in [4.78, 5) is 28.4. The van der Waals surface area contributed by atoms with E-state index in [2.05, 4.69) is 40.6 Å². The first kappa shape index (κ1) is 18.8. The van der Waals surface area contributed by atoms with E-state index in [0.29, 0.717) is 12.5 Å². The molecule has 4 rings (SSSR count). The van der Waals surface area contributed by atoms with Gasteiger partial charge in [0.1, 0.15) is 0 Å². The molecule has 0 radical (unpaired) electrons. The molecule has 148 valence electrons. The van der Waals surface area contributed by atoms with Gasteiger partial charge in [-0.05, 0) is 67.0 Å². The zero-order valence-corrected chi connectivity index (χ0v) is 16.6. The summed E-state index contributed by atoms with van der Waals surface area (Å²) in [6.45, 7) is 5.96. The zero-order chi connectivity index (χ0) is 19.5. The van der Waals surface area contributed by atoms with Gasteiger partial charge in [0, 0.05) is 50.9 Å². The molecule has 0 bridgehead atoms. The molecule has 5 heteroatoms. The standard InChI is InChI=1S/C23H29N3O2/c1-17(27)25-11-7-18(8-12-25)16-24-23(28)21-6-5-19-9-13-26(22-3-2-4-22)14-10-20(19)15-21/h2-6,15,18H,7-14,16H2,1H3,(H,24,28). The van der Waals surface area contributed by atoms with Crippen LogP contribution in [0.5, 0.6) is 0 Å². The van der Waals surface area contributed by atoms with E-state index < -0.39 is 0 Å². The van der Waals surface area contributed by atoms with Gasteiger partial charge in [0.05, 0.1) is 0 Å². The van der Waals surface area contributed by atoms with Crippen molar-refractivity contribution in [3.05, 3.63) is 58.8 Å². The minimum Gasteiger partial charge on any atom is -0.371 e. The van der Waals surface area contributed by atoms with Crippen LogP contribution in [0, 0.1) is 5.92 Å². The third-order valence-corrected chi connectivity index (χ3v) is 6.28. The van der Waals surface area contributed by atoms with E-state index in [1.807, 2.05) is 11.0 Å². The highest BCUT2D eigenvalue weighted by molar-refractivity contribution is 5.94. The molecule has 0 saturated carbocycles. The number of fused-ring (bicyclic) bond motifs is 1. The number of nitrogens with one attached hydrogen (secondary N) is 1. The first-order valence-electron chi connectivity index (χ1n) is 10.4. The SMILES string of the molecule is CC(=O)N1CCC(CNC(=O)c2ccc3c(c2)CCN(C2=CC=C2)CC3)CC1. The van der Waals surface area contributed by atoms with E-state index in [4.69, 9.17) is 0 Å². The molecule has 0 atom stereocenters. The largest absolute Gasteiger partial charge is 0.371 e. The Labute approximate surface area is 167 Å². The minimum absolute atomic E-state index is 0.0162. The van der Waals surface area contributed by atoms with Gasteiger partial charge >= 0.3 is 0 Å². The van der Waals surface area contributed by atoms with Crippen LogP contribution in [0.3, 0.4) is 0 Å². The Balaban J connectivity index is 1.31. The van der Waals surface area contributed by atoms with Crippen molar-refractivity contribution < 1.29 is 9.59 Å². The Kier molecular flexibility index (Phi) is 5.51. The molecule has 1 aromatic carbocycles. The van der Waals surface area contributed by atoms with Gasteiger partial charge in [0.15, 0.2) is 0 Å². The smallest absolute Gasteiger partial charge is 0.251 e. The van der Waals surface area contributed by atoms with Crippen LogP contribution in [0.25, 0.3) is 0 Å². The van der Waals surface area contributed by atoms with Crippen LogP contribution in [0.2, 0.25) is 0 Å². The number of piperidine rings is 1. The summed E-state index contributed by atoms with van der Waals surface area (Å²) in [5.74, 6) is 0.621. The van der Waals surface area contributed by atoms with Crippen molar-refractivity contribution in [2.24, 2.45) is 5.92 Å². The summed E-state index contributed by atoms with van der Waals surface area (Å²) < 4.78 is 0. The van der Waals surface area contributed by atoms with E-state index in [9.17, 15) is 9.59 Å². The van der Waals surface area contributed by atoms with Crippen LogP contribution in [-0.2, 0) is 17.6 Å². The Morgan fingerprint density at radius 2 is 1.79 bits per heavy atom. The van der Waals surface area contributed by atoms with Crippen molar-refractivity contribution in [2.75, 3.05) is 32.7 Å². The molecule has 1 aliphatic carbocycles. The lowest BCUT2D eigenvalue weighted by Gasteiger charge is -2.31. The fourth-order valence-electron chi connectivity index (χ4n) is 4.31. The first-order valence-corrected chi connectivity index (χ1v) is 10.4. The highest BCUT2D eigenvalue weighted by atomic mass is 16.2. The second-order valence-corrected chi connectivity index (χ2v) is 8.08. The average molecular weight is 380 g/mol. The molecule has 5 nitrogen and oxygen atoms in total. The zero-order valence-electron chi connectivity index (χ0n) is 16.6. The van der Waals surface area contributed by atoms with E-state index in [0.717, 1.165) is 57.4 Å². The van der Waals surface area contributed by atoms with Crippen molar-refractivity contribution >= 4 is 11.8 Å². The maximum Gasteiger partial charge on any atom is 0.251 e. The van der Waals surface area contributed by atoms with Gasteiger partial charge in [0.25, 0.3) is 5.91 Å². The van der Waals surface area contributed by atoms with Crippen LogP contribution >= 0.6 is 0 Å². The van der Waals surface area contributed by atoms with Crippen molar-refractivity contribution in [3.63, 3.8) is 0 Å². The van der Waals surface area contributed by atoms with Gasteiger partial charge in [-0.3, -0.25) is 9.59 Å². The van der Waals surface area contributed by atoms with E-state index >= 15 is 0 Å². The quantitative estimate of drug-likeness (QED) is 0.875. The normalized spacial score (nSPS) is 19.4. The molecule has 0 unspecified atom stereocenters. The molecule has 1 aromatic rings. The first-order chi connectivity index (χ1) is 13.6. The van der Waals surface area contributed by atoms with Gasteiger partial charge in [-0.1, -0.05) is 12.1 Å². The number of hydrogen-bond donors (Lipinski definition) is 1. The lowest BCUT2D eigenvalue weighted by atomic mass is 9.96. The molecule has 2 amide bonds. The van der Waals surface area contributed by atoms with E-state index in [1.165, 1.54) is 16.8 Å². The third-order valence-electron chi connectivity index (χ3n) is 6.28. The Morgan fingerprint density at radius 3 is 2.43 bits per heavy atom. The van der Waals surface area contributed by atoms with Crippen LogP contribution in [-0.4, -0.2) is 54.3 Å². The van der Waals surface area contributed by atoms with Crippen molar-refractivity contribution in [3.8, 4) is 0 Å². The molecule has 1 saturated heterocycles. The molecule has 0 aromatic heterocycles. The lowest BCUT2D eigenvalue weighted by molar-refractivity contribution is -0.130. The van der Waals surface area contributed by atoms with E-state index in [-0.39, 0.29) is 11.8 Å². The summed E-state index contributed by atoms with van der Waals surface area (Å²) in [5, 5.41) is 3.11. The Morgan fingerprint density at radius 1 is 1.07 bits per heavy atom. The second kappa shape index (κ2) is 8.21. The molecule has 1 fully saturated rings. The molecule has 1 N–H and O–H groups in total. The average Bonchev–Trinajstić information content (AvgIpc) is 2.87. The highest BCUT2D eigenvalue weighted by Crippen LogP contribution is 2.23. The number of likely N-dealkylation sites (tertiary alicyclic amines) is 1. The summed E-state index contributed by atoms with van der Waals surface area (Å²) in [6, 6.07) is 6.17. The molecular formula is C23H29N3O2. The highest BCUT2D eigenvalue weighted by Gasteiger charge is 2.22. The maximum atomic E-state index is 12.7. The minimum atomic E-state index is 0.0162. The van der Waals surface area contributed by atoms with Crippen molar-refractivity contribution in [1.29, 1.82) is 0 Å². The number of allylic oxidation sites excluding steroid dienone is 3. The lowest BCUT2D eigenvalue weighted by Crippen LogP contribution is -2.40. The Hall–Kier alpha value is -2.56. The summed E-state index contributed by atoms with van der Waals surface area (Å²) in [6.07, 6.45) is 10.3. The predicted octanol–water partition coefficient (Wildman–Crippen LogP) is 2.53.